The molecule has 0 fully saturated rings. The highest BCUT2D eigenvalue weighted by Crippen LogP contribution is 2.32. The van der Waals surface area contributed by atoms with E-state index in [1.807, 2.05) is 0 Å². The maximum atomic E-state index is 10.8. The Morgan fingerprint density at radius 2 is 1.96 bits per heavy atom. The molecule has 1 aliphatic rings. The summed E-state index contributed by atoms with van der Waals surface area (Å²) < 4.78 is 0. The summed E-state index contributed by atoms with van der Waals surface area (Å²) in [6, 6.07) is 3.43. The number of phenols is 1. The summed E-state index contributed by atoms with van der Waals surface area (Å²) in [7, 11) is 0. The predicted octanol–water partition coefficient (Wildman–Crippen LogP) is 4.16. The molecule has 8 nitrogen and oxygen atoms in total. The van der Waals surface area contributed by atoms with Gasteiger partial charge in [0.15, 0.2) is 0 Å². The Balaban J connectivity index is 2.17. The number of aliphatic hydroxyl groups is 1. The van der Waals surface area contributed by atoms with Crippen molar-refractivity contribution in [2.45, 2.75) is 12.5 Å². The van der Waals surface area contributed by atoms with Crippen LogP contribution in [0.3, 0.4) is 0 Å². The van der Waals surface area contributed by atoms with E-state index in [0.29, 0.717) is 19.5 Å². The fourth-order valence-corrected chi connectivity index (χ4v) is 2.51. The summed E-state index contributed by atoms with van der Waals surface area (Å²) in [5.74, 6) is -0.284. The van der Waals surface area contributed by atoms with E-state index >= 15 is 0 Å². The van der Waals surface area contributed by atoms with Crippen molar-refractivity contribution in [2.24, 2.45) is 10.2 Å². The van der Waals surface area contributed by atoms with Gasteiger partial charge in [-0.05, 0) is 18.6 Å². The van der Waals surface area contributed by atoms with Gasteiger partial charge >= 0.3 is 0 Å². The molecule has 1 aromatic rings. The molecule has 0 radical (unpaired) electrons. The maximum absolute atomic E-state index is 10.8. The van der Waals surface area contributed by atoms with E-state index < -0.39 is 4.92 Å². The van der Waals surface area contributed by atoms with Gasteiger partial charge in [0.1, 0.15) is 22.9 Å². The number of phenolic OH excluding ortho intramolecular Hbond substituents is 1. The van der Waals surface area contributed by atoms with Gasteiger partial charge < -0.3 is 10.2 Å². The molecule has 2 rings (SSSR count). The number of rotatable bonds is 8. The molecule has 0 saturated carbocycles. The second kappa shape index (κ2) is 8.72. The summed E-state index contributed by atoms with van der Waals surface area (Å²) in [4.78, 5) is 12.3. The Labute approximate surface area is 150 Å². The quantitative estimate of drug-likeness (QED) is 0.314. The van der Waals surface area contributed by atoms with Gasteiger partial charge in [0.25, 0.3) is 5.69 Å². The van der Waals surface area contributed by atoms with Crippen molar-refractivity contribution < 1.29 is 15.1 Å². The number of nitrogens with zero attached hydrogens (tertiary/aromatic N) is 4. The van der Waals surface area contributed by atoms with E-state index in [0.717, 1.165) is 6.07 Å². The van der Waals surface area contributed by atoms with Crippen molar-refractivity contribution in [3.63, 3.8) is 0 Å². The van der Waals surface area contributed by atoms with Gasteiger partial charge in [-0.15, -0.1) is 23.4 Å². The summed E-state index contributed by atoms with van der Waals surface area (Å²) in [5, 5.41) is 38.5. The van der Waals surface area contributed by atoms with Crippen LogP contribution in [-0.4, -0.2) is 39.2 Å². The number of aromatic hydroxyl groups is 1. The summed E-state index contributed by atoms with van der Waals surface area (Å²) in [5.41, 5.74) is -0.0158. The van der Waals surface area contributed by atoms with Crippen molar-refractivity contribution in [3.8, 4) is 5.75 Å². The number of non-ortho nitro benzene ring substituents is 1. The van der Waals surface area contributed by atoms with E-state index in [2.05, 4.69) is 28.3 Å². The zero-order valence-corrected chi connectivity index (χ0v) is 14.2. The normalized spacial score (nSPS) is 17.0. The van der Waals surface area contributed by atoms with Crippen molar-refractivity contribution in [1.82, 2.24) is 4.90 Å². The third-order valence-electron chi connectivity index (χ3n) is 3.80. The molecule has 0 saturated heterocycles. The number of nitro groups is 1. The number of benzene rings is 1. The molecule has 26 heavy (non-hydrogen) atoms. The Hall–Kier alpha value is -3.26. The van der Waals surface area contributed by atoms with Crippen LogP contribution in [0.4, 0.5) is 11.4 Å². The van der Waals surface area contributed by atoms with Crippen LogP contribution < -0.4 is 0 Å². The molecule has 0 aromatic heterocycles. The molecule has 0 amide bonds. The first-order valence-electron chi connectivity index (χ1n) is 7.92. The SMILES string of the molecule is C=CCN(CC=C)C1C=C(O)C(N=Nc2cc([N+](=O)[O-])ccc2O)=CC1. The lowest BCUT2D eigenvalue weighted by atomic mass is 10.0. The number of aliphatic hydroxyl groups excluding tert-OH is 1. The minimum Gasteiger partial charge on any atom is -0.506 e. The molecule has 1 unspecified atom stereocenters. The third-order valence-corrected chi connectivity index (χ3v) is 3.80. The molecule has 1 aliphatic carbocycles. The van der Waals surface area contributed by atoms with Gasteiger partial charge in [-0.2, -0.15) is 0 Å². The fourth-order valence-electron chi connectivity index (χ4n) is 2.51. The molecule has 1 atom stereocenters. The Morgan fingerprint density at radius 3 is 2.54 bits per heavy atom. The lowest BCUT2D eigenvalue weighted by Crippen LogP contribution is -2.35. The molecule has 1 aromatic carbocycles. The highest BCUT2D eigenvalue weighted by atomic mass is 16.6. The minimum atomic E-state index is -0.589. The first kappa shape index (κ1) is 19.1. The van der Waals surface area contributed by atoms with Gasteiger partial charge in [0.2, 0.25) is 0 Å². The van der Waals surface area contributed by atoms with Crippen LogP contribution in [0.25, 0.3) is 0 Å². The molecular formula is C18H20N4O4. The molecule has 2 N–H and O–H groups in total. The molecular weight excluding hydrogens is 336 g/mol. The Bertz CT molecular complexity index is 788. The lowest BCUT2D eigenvalue weighted by molar-refractivity contribution is -0.384. The summed E-state index contributed by atoms with van der Waals surface area (Å²) in [6.45, 7) is 8.74. The first-order valence-corrected chi connectivity index (χ1v) is 7.92. The zero-order valence-electron chi connectivity index (χ0n) is 14.2. The van der Waals surface area contributed by atoms with Crippen LogP contribution in [0.1, 0.15) is 6.42 Å². The Morgan fingerprint density at radius 1 is 1.27 bits per heavy atom. The fraction of sp³-hybridized carbons (Fsp3) is 0.222. The van der Waals surface area contributed by atoms with Crippen LogP contribution in [0.15, 0.2) is 77.3 Å². The van der Waals surface area contributed by atoms with Gasteiger partial charge in [-0.3, -0.25) is 15.0 Å². The van der Waals surface area contributed by atoms with Crippen LogP contribution in [0.5, 0.6) is 5.75 Å². The smallest absolute Gasteiger partial charge is 0.271 e. The summed E-state index contributed by atoms with van der Waals surface area (Å²) >= 11 is 0. The van der Waals surface area contributed by atoms with E-state index in [9.17, 15) is 20.3 Å². The largest absolute Gasteiger partial charge is 0.506 e. The Kier molecular flexibility index (Phi) is 6.40. The van der Waals surface area contributed by atoms with E-state index in [1.165, 1.54) is 12.1 Å². The van der Waals surface area contributed by atoms with Crippen molar-refractivity contribution in [2.75, 3.05) is 13.1 Å². The highest BCUT2D eigenvalue weighted by molar-refractivity contribution is 5.56. The molecule has 136 valence electrons. The van der Waals surface area contributed by atoms with Gasteiger partial charge in [0.05, 0.1) is 4.92 Å². The van der Waals surface area contributed by atoms with Gasteiger partial charge in [0, 0.05) is 31.3 Å². The monoisotopic (exact) mass is 356 g/mol. The van der Waals surface area contributed by atoms with Gasteiger partial charge in [-0.25, -0.2) is 0 Å². The van der Waals surface area contributed by atoms with E-state index in [-0.39, 0.29) is 34.6 Å². The number of hydrogen-bond acceptors (Lipinski definition) is 7. The van der Waals surface area contributed by atoms with Crippen LogP contribution >= 0.6 is 0 Å². The standard InChI is InChI=1S/C18H20N4O4/c1-3-9-21(10-4-2)13-5-7-15(18(24)12-13)19-20-16-11-14(22(25)26)6-8-17(16)23/h3-4,6-8,11-13,23-24H,1-2,5,9-10H2. The first-order chi connectivity index (χ1) is 12.5. The second-order valence-electron chi connectivity index (χ2n) is 5.61. The van der Waals surface area contributed by atoms with Gasteiger partial charge in [-0.1, -0.05) is 18.2 Å². The number of azo groups is 1. The minimum absolute atomic E-state index is 0.0313. The molecule has 0 heterocycles. The summed E-state index contributed by atoms with van der Waals surface area (Å²) in [6.07, 6.45) is 7.53. The van der Waals surface area contributed by atoms with Crippen molar-refractivity contribution in [1.29, 1.82) is 0 Å². The third kappa shape index (κ3) is 4.64. The zero-order chi connectivity index (χ0) is 19.1. The van der Waals surface area contributed by atoms with Crippen molar-refractivity contribution >= 4 is 11.4 Å². The predicted molar refractivity (Wildman–Crippen MR) is 98.4 cm³/mol. The maximum Gasteiger partial charge on any atom is 0.271 e. The molecule has 8 heteroatoms. The highest BCUT2D eigenvalue weighted by Gasteiger charge is 2.20. The lowest BCUT2D eigenvalue weighted by Gasteiger charge is -2.28. The van der Waals surface area contributed by atoms with E-state index in [1.54, 1.807) is 24.3 Å². The van der Waals surface area contributed by atoms with Crippen LogP contribution in [0.2, 0.25) is 0 Å². The van der Waals surface area contributed by atoms with Crippen LogP contribution in [0, 0.1) is 10.1 Å². The average Bonchev–Trinajstić information content (AvgIpc) is 2.61. The molecule has 0 spiro atoms. The topological polar surface area (TPSA) is 112 Å². The molecule has 0 aliphatic heterocycles. The van der Waals surface area contributed by atoms with Crippen LogP contribution in [-0.2, 0) is 0 Å². The second-order valence-corrected chi connectivity index (χ2v) is 5.61. The average molecular weight is 356 g/mol. The molecule has 0 bridgehead atoms. The number of hydrogen-bond donors (Lipinski definition) is 2. The van der Waals surface area contributed by atoms with Crippen molar-refractivity contribution in [3.05, 3.63) is 77.2 Å². The number of nitro benzene ring substituents is 1. The van der Waals surface area contributed by atoms with E-state index in [4.69, 9.17) is 0 Å².